The van der Waals surface area contributed by atoms with Crippen LogP contribution in [0, 0.1) is 11.3 Å². The Bertz CT molecular complexity index is 788. The highest BCUT2D eigenvalue weighted by Gasteiger charge is 2.31. The zero-order valence-corrected chi connectivity index (χ0v) is 12.6. The van der Waals surface area contributed by atoms with Gasteiger partial charge in [-0.2, -0.15) is 10.2 Å². The second kappa shape index (κ2) is 6.76. The van der Waals surface area contributed by atoms with Crippen LogP contribution in [0.15, 0.2) is 11.0 Å². The molecule has 5 N–H and O–H groups in total. The summed E-state index contributed by atoms with van der Waals surface area (Å²) in [6.07, 6.45) is -1.93. The Balaban J connectivity index is 2.66. The maximum absolute atomic E-state index is 12.0. The zero-order valence-electron chi connectivity index (χ0n) is 12.6. The van der Waals surface area contributed by atoms with E-state index in [0.717, 1.165) is 0 Å². The monoisotopic (exact) mass is 323 g/mol. The summed E-state index contributed by atoms with van der Waals surface area (Å²) in [5.74, 6) is -0.138. The zero-order chi connectivity index (χ0) is 17.1. The number of aromatic nitrogens is 3. The highest BCUT2D eigenvalue weighted by atomic mass is 16.5. The molecule has 0 bridgehead atoms. The molecule has 2 rings (SSSR count). The minimum atomic E-state index is -1.28. The predicted octanol–water partition coefficient (Wildman–Crippen LogP) is -1.31. The first-order valence-electron chi connectivity index (χ1n) is 6.63. The number of methoxy groups -OCH3 is 2. The Morgan fingerprint density at radius 2 is 2.22 bits per heavy atom. The molecular weight excluding hydrogens is 306 g/mol. The topological polar surface area (TPSA) is 159 Å². The van der Waals surface area contributed by atoms with E-state index in [1.165, 1.54) is 25.0 Å². The van der Waals surface area contributed by atoms with E-state index in [0.29, 0.717) is 0 Å². The van der Waals surface area contributed by atoms with Gasteiger partial charge in [0.15, 0.2) is 11.9 Å². The summed E-state index contributed by atoms with van der Waals surface area (Å²) in [6, 6.07) is 1.89. The SMILES string of the molecule is CO[C@H]([C@H](O)[C@@H](CO)OC)n1cc(C#N)c2c(=O)[nH]c(N)nc21. The van der Waals surface area contributed by atoms with Gasteiger partial charge in [0.25, 0.3) is 5.56 Å². The number of nitrogens with zero attached hydrogens (tertiary/aromatic N) is 3. The van der Waals surface area contributed by atoms with Crippen LogP contribution in [0.5, 0.6) is 0 Å². The summed E-state index contributed by atoms with van der Waals surface area (Å²) in [5.41, 5.74) is 5.11. The van der Waals surface area contributed by atoms with Crippen LogP contribution >= 0.6 is 0 Å². The number of nitrogens with two attached hydrogens (primary N) is 1. The fourth-order valence-electron chi connectivity index (χ4n) is 2.37. The van der Waals surface area contributed by atoms with Gasteiger partial charge in [-0.25, -0.2) is 0 Å². The van der Waals surface area contributed by atoms with Gasteiger partial charge in [-0.05, 0) is 0 Å². The number of aromatic amines is 1. The molecule has 0 aliphatic carbocycles. The van der Waals surface area contributed by atoms with Gasteiger partial charge in [-0.3, -0.25) is 9.78 Å². The van der Waals surface area contributed by atoms with Crippen molar-refractivity contribution in [1.29, 1.82) is 5.26 Å². The molecule has 10 nitrogen and oxygen atoms in total. The van der Waals surface area contributed by atoms with Crippen molar-refractivity contribution >= 4 is 17.0 Å². The Hall–Kier alpha value is -2.45. The number of fused-ring (bicyclic) bond motifs is 1. The minimum absolute atomic E-state index is 0.0360. The number of hydrogen-bond donors (Lipinski definition) is 4. The fourth-order valence-corrected chi connectivity index (χ4v) is 2.37. The number of hydrogen-bond acceptors (Lipinski definition) is 8. The average molecular weight is 323 g/mol. The molecule has 0 saturated carbocycles. The first-order valence-corrected chi connectivity index (χ1v) is 6.63. The molecule has 0 saturated heterocycles. The summed E-state index contributed by atoms with van der Waals surface area (Å²) < 4.78 is 11.5. The summed E-state index contributed by atoms with van der Waals surface area (Å²) in [6.45, 7) is -0.446. The Labute approximate surface area is 130 Å². The number of rotatable bonds is 6. The second-order valence-corrected chi connectivity index (χ2v) is 4.79. The van der Waals surface area contributed by atoms with Crippen LogP contribution in [0.3, 0.4) is 0 Å². The summed E-state index contributed by atoms with van der Waals surface area (Å²) >= 11 is 0. The molecular formula is C13H17N5O5. The summed E-state index contributed by atoms with van der Waals surface area (Å²) in [4.78, 5) is 18.3. The number of aliphatic hydroxyl groups excluding tert-OH is 2. The maximum atomic E-state index is 12.0. The smallest absolute Gasteiger partial charge is 0.263 e. The van der Waals surface area contributed by atoms with Crippen LogP contribution in [0.25, 0.3) is 11.0 Å². The molecule has 0 aliphatic rings. The lowest BCUT2D eigenvalue weighted by molar-refractivity contribution is -0.129. The van der Waals surface area contributed by atoms with Gasteiger partial charge in [0, 0.05) is 20.4 Å². The number of H-pyrrole nitrogens is 1. The third kappa shape index (κ3) is 2.90. The van der Waals surface area contributed by atoms with E-state index in [9.17, 15) is 20.3 Å². The van der Waals surface area contributed by atoms with Crippen LogP contribution in [0.1, 0.15) is 11.8 Å². The lowest BCUT2D eigenvalue weighted by Crippen LogP contribution is -2.39. The molecule has 0 fully saturated rings. The van der Waals surface area contributed by atoms with Crippen molar-refractivity contribution in [2.45, 2.75) is 18.4 Å². The molecule has 0 amide bonds. The van der Waals surface area contributed by atoms with Crippen molar-refractivity contribution < 1.29 is 19.7 Å². The molecule has 3 atom stereocenters. The molecule has 2 aromatic rings. The predicted molar refractivity (Wildman–Crippen MR) is 79.4 cm³/mol. The third-order valence-corrected chi connectivity index (χ3v) is 3.49. The number of nitrogens with one attached hydrogen (secondary N) is 1. The van der Waals surface area contributed by atoms with Crippen molar-refractivity contribution in [3.05, 3.63) is 22.1 Å². The van der Waals surface area contributed by atoms with E-state index >= 15 is 0 Å². The van der Waals surface area contributed by atoms with E-state index in [4.69, 9.17) is 15.2 Å². The molecule has 0 radical (unpaired) electrons. The Kier molecular flexibility index (Phi) is 4.97. The van der Waals surface area contributed by atoms with Crippen molar-refractivity contribution in [2.24, 2.45) is 0 Å². The quantitative estimate of drug-likeness (QED) is 0.510. The van der Waals surface area contributed by atoms with Gasteiger partial charge >= 0.3 is 0 Å². The summed E-state index contributed by atoms with van der Waals surface area (Å²) in [7, 11) is 2.65. The Morgan fingerprint density at radius 1 is 1.52 bits per heavy atom. The third-order valence-electron chi connectivity index (χ3n) is 3.49. The fraction of sp³-hybridized carbons (Fsp3) is 0.462. The average Bonchev–Trinajstić information content (AvgIpc) is 2.88. The van der Waals surface area contributed by atoms with Crippen molar-refractivity contribution in [1.82, 2.24) is 14.5 Å². The molecule has 0 aromatic carbocycles. The molecule has 0 spiro atoms. The number of ether oxygens (including phenoxy) is 2. The van der Waals surface area contributed by atoms with E-state index in [2.05, 4.69) is 9.97 Å². The highest BCUT2D eigenvalue weighted by molar-refractivity contribution is 5.83. The van der Waals surface area contributed by atoms with Crippen molar-refractivity contribution in [3.63, 3.8) is 0 Å². The largest absolute Gasteiger partial charge is 0.394 e. The van der Waals surface area contributed by atoms with Gasteiger partial charge in [-0.15, -0.1) is 0 Å². The molecule has 124 valence electrons. The van der Waals surface area contributed by atoms with E-state index in [1.807, 2.05) is 6.07 Å². The van der Waals surface area contributed by atoms with Crippen molar-refractivity contribution in [3.8, 4) is 6.07 Å². The van der Waals surface area contributed by atoms with Crippen LogP contribution in [0.4, 0.5) is 5.95 Å². The minimum Gasteiger partial charge on any atom is -0.394 e. The molecule has 23 heavy (non-hydrogen) atoms. The lowest BCUT2D eigenvalue weighted by Gasteiger charge is -2.28. The van der Waals surface area contributed by atoms with E-state index in [-0.39, 0.29) is 22.5 Å². The second-order valence-electron chi connectivity index (χ2n) is 4.79. The molecule has 0 unspecified atom stereocenters. The number of nitriles is 1. The number of aliphatic hydroxyl groups is 2. The van der Waals surface area contributed by atoms with E-state index < -0.39 is 30.6 Å². The van der Waals surface area contributed by atoms with Crippen molar-refractivity contribution in [2.75, 3.05) is 26.6 Å². The number of nitrogen functional groups attached to an aromatic ring is 1. The molecule has 0 aliphatic heterocycles. The first-order chi connectivity index (χ1) is 11.0. The molecule has 10 heteroatoms. The molecule has 2 aromatic heterocycles. The summed E-state index contributed by atoms with van der Waals surface area (Å²) in [5, 5.41) is 28.8. The van der Waals surface area contributed by atoms with Crippen LogP contribution in [-0.2, 0) is 9.47 Å². The van der Waals surface area contributed by atoms with Gasteiger partial charge in [0.1, 0.15) is 23.7 Å². The van der Waals surface area contributed by atoms with Crippen LogP contribution < -0.4 is 11.3 Å². The van der Waals surface area contributed by atoms with Crippen LogP contribution in [0.2, 0.25) is 0 Å². The van der Waals surface area contributed by atoms with E-state index in [1.54, 1.807) is 0 Å². The maximum Gasteiger partial charge on any atom is 0.263 e. The Morgan fingerprint density at radius 3 is 2.74 bits per heavy atom. The highest BCUT2D eigenvalue weighted by Crippen LogP contribution is 2.25. The number of anilines is 1. The van der Waals surface area contributed by atoms with Gasteiger partial charge < -0.3 is 30.0 Å². The lowest BCUT2D eigenvalue weighted by atomic mass is 10.2. The van der Waals surface area contributed by atoms with Gasteiger partial charge in [0.2, 0.25) is 5.95 Å². The van der Waals surface area contributed by atoms with Gasteiger partial charge in [-0.1, -0.05) is 0 Å². The van der Waals surface area contributed by atoms with Crippen LogP contribution in [-0.4, -0.2) is 57.8 Å². The first kappa shape index (κ1) is 16.9. The van der Waals surface area contributed by atoms with Gasteiger partial charge in [0.05, 0.1) is 12.2 Å². The molecule has 2 heterocycles. The normalized spacial score (nSPS) is 15.3. The standard InChI is InChI=1S/C13H17N5O5/c1-22-7(5-19)9(20)12(23-2)18-4-6(3-14)8-10(18)16-13(15)17-11(8)21/h4,7,9,12,19-20H,5H2,1-2H3,(H3,15,16,17,21)/t7-,9-,12-/m1/s1.